The Morgan fingerprint density at radius 3 is 2.52 bits per heavy atom. The fourth-order valence-corrected chi connectivity index (χ4v) is 3.11. The Hall–Kier alpha value is -2.93. The maximum absolute atomic E-state index is 12.3. The van der Waals surface area contributed by atoms with Gasteiger partial charge in [0.1, 0.15) is 5.25 Å². The maximum Gasteiger partial charge on any atom is 0.238 e. The molecule has 0 spiro atoms. The summed E-state index contributed by atoms with van der Waals surface area (Å²) in [5.74, 6) is -0.480. The molecule has 1 unspecified atom stereocenters. The normalized spacial score (nSPS) is 19.0. The average molecular weight is 352 g/mol. The average Bonchev–Trinajstić information content (AvgIpc) is 2.63. The topological polar surface area (TPSA) is 82.9 Å². The summed E-state index contributed by atoms with van der Waals surface area (Å²) in [5.41, 5.74) is 1.59. The van der Waals surface area contributed by atoms with Crippen molar-refractivity contribution in [2.45, 2.75) is 11.7 Å². The molecule has 0 saturated carbocycles. The Bertz CT molecular complexity index is 806. The van der Waals surface area contributed by atoms with Crippen LogP contribution in [0.2, 0.25) is 0 Å². The van der Waals surface area contributed by atoms with E-state index in [-0.39, 0.29) is 18.2 Å². The number of carbonyl (C=O) groups is 2. The molecule has 7 heteroatoms. The van der Waals surface area contributed by atoms with Crippen LogP contribution in [0.1, 0.15) is 12.0 Å². The van der Waals surface area contributed by atoms with E-state index in [9.17, 15) is 9.59 Å². The van der Waals surface area contributed by atoms with Gasteiger partial charge in [0.05, 0.1) is 6.21 Å². The molecule has 1 atom stereocenters. The van der Waals surface area contributed by atoms with Gasteiger partial charge in [0.25, 0.3) is 0 Å². The summed E-state index contributed by atoms with van der Waals surface area (Å²) in [6.07, 6.45) is 1.69. The van der Waals surface area contributed by atoms with Gasteiger partial charge in [0.2, 0.25) is 11.8 Å². The molecule has 2 N–H and O–H groups in total. The fourth-order valence-electron chi connectivity index (χ4n) is 2.17. The molecule has 0 aromatic heterocycles. The molecule has 1 aliphatic rings. The minimum atomic E-state index is -0.542. The molecule has 0 radical (unpaired) electrons. The summed E-state index contributed by atoms with van der Waals surface area (Å²) in [6.45, 7) is 0. The van der Waals surface area contributed by atoms with Gasteiger partial charge in [-0.15, -0.1) is 5.10 Å². The van der Waals surface area contributed by atoms with Crippen LogP contribution in [0.3, 0.4) is 0 Å². The van der Waals surface area contributed by atoms with Crippen LogP contribution >= 0.6 is 11.8 Å². The predicted molar refractivity (Wildman–Crippen MR) is 101 cm³/mol. The van der Waals surface area contributed by atoms with Gasteiger partial charge in [-0.2, -0.15) is 5.10 Å². The number of hydrogen-bond donors (Lipinski definition) is 2. The Kier molecular flexibility index (Phi) is 5.58. The molecule has 1 saturated heterocycles. The van der Waals surface area contributed by atoms with Gasteiger partial charge in [-0.05, 0) is 17.7 Å². The second-order valence-corrected chi connectivity index (χ2v) is 6.47. The zero-order chi connectivity index (χ0) is 17.5. The Balaban J connectivity index is 1.64. The van der Waals surface area contributed by atoms with E-state index in [4.69, 9.17) is 0 Å². The summed E-state index contributed by atoms with van der Waals surface area (Å²) in [5, 5.41) is 13.2. The van der Waals surface area contributed by atoms with Crippen LogP contribution in [0.25, 0.3) is 0 Å². The molecule has 3 rings (SSSR count). The Morgan fingerprint density at radius 1 is 1.12 bits per heavy atom. The summed E-state index contributed by atoms with van der Waals surface area (Å²) < 4.78 is 0. The van der Waals surface area contributed by atoms with Crippen molar-refractivity contribution in [1.82, 2.24) is 5.32 Å². The first-order valence-electron chi connectivity index (χ1n) is 7.69. The predicted octanol–water partition coefficient (Wildman–Crippen LogP) is 2.64. The largest absolute Gasteiger partial charge is 0.325 e. The molecule has 2 amide bonds. The van der Waals surface area contributed by atoms with Gasteiger partial charge in [-0.25, -0.2) is 0 Å². The molecule has 6 nitrogen and oxygen atoms in total. The summed E-state index contributed by atoms with van der Waals surface area (Å²) in [7, 11) is 0. The van der Waals surface area contributed by atoms with Crippen LogP contribution in [0, 0.1) is 0 Å². The van der Waals surface area contributed by atoms with Gasteiger partial charge in [-0.3, -0.25) is 9.59 Å². The quantitative estimate of drug-likeness (QED) is 0.655. The highest BCUT2D eigenvalue weighted by Gasteiger charge is 2.30. The highest BCUT2D eigenvalue weighted by atomic mass is 32.2. The van der Waals surface area contributed by atoms with Crippen LogP contribution in [0.15, 0.2) is 70.9 Å². The van der Waals surface area contributed by atoms with Gasteiger partial charge < -0.3 is 10.6 Å². The third kappa shape index (κ3) is 5.02. The van der Waals surface area contributed by atoms with E-state index in [1.54, 1.807) is 18.3 Å². The zero-order valence-corrected chi connectivity index (χ0v) is 14.1. The zero-order valence-electron chi connectivity index (χ0n) is 13.3. The first-order valence-corrected chi connectivity index (χ1v) is 8.57. The smallest absolute Gasteiger partial charge is 0.238 e. The summed E-state index contributed by atoms with van der Waals surface area (Å²) in [6, 6.07) is 18.6. The molecule has 1 aliphatic heterocycles. The SMILES string of the molecule is O=C1CC(C(=O)Nc2ccccc2)S/C(=N\N=C\c2ccccc2)N1. The first-order chi connectivity index (χ1) is 12.2. The van der Waals surface area contributed by atoms with E-state index in [1.807, 2.05) is 48.5 Å². The van der Waals surface area contributed by atoms with Crippen molar-refractivity contribution in [1.29, 1.82) is 0 Å². The lowest BCUT2D eigenvalue weighted by atomic mass is 10.2. The lowest BCUT2D eigenvalue weighted by Crippen LogP contribution is -2.41. The number of rotatable bonds is 4. The number of anilines is 1. The van der Waals surface area contributed by atoms with Crippen LogP contribution < -0.4 is 10.6 Å². The number of para-hydroxylation sites is 1. The third-order valence-corrected chi connectivity index (χ3v) is 4.43. The number of amidine groups is 1. The van der Waals surface area contributed by atoms with E-state index >= 15 is 0 Å². The van der Waals surface area contributed by atoms with E-state index in [1.165, 1.54) is 11.8 Å². The number of nitrogens with zero attached hydrogens (tertiary/aromatic N) is 2. The number of nitrogens with one attached hydrogen (secondary N) is 2. The highest BCUT2D eigenvalue weighted by molar-refractivity contribution is 8.15. The summed E-state index contributed by atoms with van der Waals surface area (Å²) in [4.78, 5) is 24.2. The first kappa shape index (κ1) is 16.9. The minimum absolute atomic E-state index is 0.102. The lowest BCUT2D eigenvalue weighted by molar-refractivity contribution is -0.123. The number of thioether (sulfide) groups is 1. The van der Waals surface area contributed by atoms with Crippen LogP contribution in [-0.4, -0.2) is 28.4 Å². The third-order valence-electron chi connectivity index (χ3n) is 3.36. The van der Waals surface area contributed by atoms with Crippen molar-refractivity contribution in [3.05, 3.63) is 66.2 Å². The lowest BCUT2D eigenvalue weighted by Gasteiger charge is -2.21. The molecule has 1 heterocycles. The fraction of sp³-hybridized carbons (Fsp3) is 0.111. The summed E-state index contributed by atoms with van der Waals surface area (Å²) >= 11 is 1.19. The molecule has 25 heavy (non-hydrogen) atoms. The van der Waals surface area contributed by atoms with Gasteiger partial charge in [0, 0.05) is 12.1 Å². The van der Waals surface area contributed by atoms with Crippen LogP contribution in [0.4, 0.5) is 5.69 Å². The number of hydrogen-bond acceptors (Lipinski definition) is 5. The second kappa shape index (κ2) is 8.25. The second-order valence-electron chi connectivity index (χ2n) is 5.27. The number of benzene rings is 2. The molecule has 1 fully saturated rings. The molecular formula is C18H16N4O2S. The minimum Gasteiger partial charge on any atom is -0.325 e. The van der Waals surface area contributed by atoms with E-state index in [0.29, 0.717) is 10.9 Å². The molecule has 0 aliphatic carbocycles. The maximum atomic E-state index is 12.3. The van der Waals surface area contributed by atoms with Crippen molar-refractivity contribution in [2.24, 2.45) is 10.2 Å². The van der Waals surface area contributed by atoms with E-state index in [2.05, 4.69) is 20.8 Å². The van der Waals surface area contributed by atoms with E-state index in [0.717, 1.165) is 5.56 Å². The molecule has 2 aromatic carbocycles. The van der Waals surface area contributed by atoms with Crippen molar-refractivity contribution >= 4 is 40.6 Å². The van der Waals surface area contributed by atoms with E-state index < -0.39 is 5.25 Å². The van der Waals surface area contributed by atoms with Crippen molar-refractivity contribution in [3.63, 3.8) is 0 Å². The number of carbonyl (C=O) groups excluding carboxylic acids is 2. The van der Waals surface area contributed by atoms with Crippen molar-refractivity contribution in [3.8, 4) is 0 Å². The molecule has 126 valence electrons. The highest BCUT2D eigenvalue weighted by Crippen LogP contribution is 2.22. The van der Waals surface area contributed by atoms with Crippen LogP contribution in [-0.2, 0) is 9.59 Å². The Morgan fingerprint density at radius 2 is 1.80 bits per heavy atom. The van der Waals surface area contributed by atoms with Crippen molar-refractivity contribution < 1.29 is 9.59 Å². The van der Waals surface area contributed by atoms with Gasteiger partial charge >= 0.3 is 0 Å². The van der Waals surface area contributed by atoms with Crippen LogP contribution in [0.5, 0.6) is 0 Å². The molecule has 0 bridgehead atoms. The van der Waals surface area contributed by atoms with Gasteiger partial charge in [-0.1, -0.05) is 60.3 Å². The molecular weight excluding hydrogens is 336 g/mol. The molecule has 2 aromatic rings. The van der Waals surface area contributed by atoms with Crippen molar-refractivity contribution in [2.75, 3.05) is 5.32 Å². The van der Waals surface area contributed by atoms with Gasteiger partial charge in [0.15, 0.2) is 5.17 Å². The Labute approximate surface area is 149 Å². The standard InChI is InChI=1S/C18H16N4O2S/c23-16-11-15(17(24)20-14-9-5-2-6-10-14)25-18(21-16)22-19-12-13-7-3-1-4-8-13/h1-10,12,15H,11H2,(H,20,24)(H,21,22,23)/b19-12+. The monoisotopic (exact) mass is 352 g/mol. The number of amides is 2.